The minimum atomic E-state index is -0.870. The molecule has 10 heavy (non-hydrogen) atoms. The smallest absolute Gasteiger partial charge is 0.327 e. The second-order valence-corrected chi connectivity index (χ2v) is 2.96. The molecule has 3 heteroatoms. The maximum absolute atomic E-state index is 10.0. The molecule has 0 aliphatic carbocycles. The van der Waals surface area contributed by atoms with Crippen LogP contribution in [-0.4, -0.2) is 16.8 Å². The Labute approximate surface area is 63.6 Å². The van der Waals surface area contributed by atoms with Gasteiger partial charge in [0.05, 0.1) is 0 Å². The Hall–Kier alpha value is -0.700. The molecule has 54 valence electrons. The molecule has 0 amide bonds. The number of thioether (sulfide) groups is 1. The van der Waals surface area contributed by atoms with Gasteiger partial charge in [-0.3, -0.25) is 0 Å². The van der Waals surface area contributed by atoms with Gasteiger partial charge in [0.25, 0.3) is 0 Å². The molecule has 0 fully saturated rings. The molecule has 1 atom stereocenters. The van der Waals surface area contributed by atoms with Gasteiger partial charge in [-0.25, -0.2) is 4.79 Å². The van der Waals surface area contributed by atoms with Crippen molar-refractivity contribution in [2.45, 2.75) is 0 Å². The number of aliphatic carboxylic acids is 1. The summed E-state index contributed by atoms with van der Waals surface area (Å²) in [6, 6.07) is 0. The summed E-state index contributed by atoms with van der Waals surface area (Å²) < 4.78 is 0. The topological polar surface area (TPSA) is 37.3 Å². The van der Waals surface area contributed by atoms with Crippen molar-refractivity contribution in [3.8, 4) is 0 Å². The average Bonchev–Trinajstić information content (AvgIpc) is 2.34. The van der Waals surface area contributed by atoms with Crippen LogP contribution in [0.5, 0.6) is 0 Å². The molecule has 0 radical (unpaired) electrons. The van der Waals surface area contributed by atoms with E-state index in [0.717, 1.165) is 5.75 Å². The molecule has 0 aromatic heterocycles. The second-order valence-electron chi connectivity index (χ2n) is 2.02. The Bertz CT molecular complexity index is 184. The molecule has 0 bridgehead atoms. The summed E-state index contributed by atoms with van der Waals surface area (Å²) in [5, 5.41) is 10.3. The van der Waals surface area contributed by atoms with E-state index < -0.39 is 5.97 Å². The number of rotatable bonds is 2. The van der Waals surface area contributed by atoms with Gasteiger partial charge in [0.15, 0.2) is 0 Å². The number of hydrogen-bond donors (Lipinski definition) is 1. The zero-order valence-corrected chi connectivity index (χ0v) is 6.17. The molecule has 1 aliphatic heterocycles. The molecule has 1 heterocycles. The quantitative estimate of drug-likeness (QED) is 0.616. The van der Waals surface area contributed by atoms with Crippen LogP contribution in [0, 0.1) is 5.92 Å². The fraction of sp³-hybridized carbons (Fsp3) is 0.286. The normalized spacial score (nSPS) is 24.2. The Kier molecular flexibility index (Phi) is 2.57. The van der Waals surface area contributed by atoms with Crippen LogP contribution in [0.3, 0.4) is 0 Å². The number of allylic oxidation sites excluding steroid dienone is 2. The third-order valence-electron chi connectivity index (χ3n) is 1.20. The van der Waals surface area contributed by atoms with Gasteiger partial charge < -0.3 is 5.11 Å². The highest BCUT2D eigenvalue weighted by Gasteiger charge is 2.04. The van der Waals surface area contributed by atoms with Gasteiger partial charge in [0, 0.05) is 17.7 Å². The molecule has 1 aliphatic rings. The highest BCUT2D eigenvalue weighted by molar-refractivity contribution is 8.02. The van der Waals surface area contributed by atoms with E-state index in [-0.39, 0.29) is 0 Å². The summed E-state index contributed by atoms with van der Waals surface area (Å²) in [4.78, 5) is 10.0. The summed E-state index contributed by atoms with van der Waals surface area (Å²) in [5.74, 6) is 0.426. The number of carboxylic acids is 1. The summed E-state index contributed by atoms with van der Waals surface area (Å²) in [7, 11) is 0. The first kappa shape index (κ1) is 7.41. The highest BCUT2D eigenvalue weighted by atomic mass is 32.2. The average molecular weight is 156 g/mol. The Morgan fingerprint density at radius 2 is 2.60 bits per heavy atom. The minimum Gasteiger partial charge on any atom is -0.478 e. The van der Waals surface area contributed by atoms with E-state index >= 15 is 0 Å². The van der Waals surface area contributed by atoms with E-state index in [0.29, 0.717) is 5.92 Å². The van der Waals surface area contributed by atoms with Gasteiger partial charge in [-0.05, 0) is 5.41 Å². The van der Waals surface area contributed by atoms with Gasteiger partial charge in [0.1, 0.15) is 0 Å². The summed E-state index contributed by atoms with van der Waals surface area (Å²) in [6.07, 6.45) is 4.91. The highest BCUT2D eigenvalue weighted by Crippen LogP contribution is 2.20. The van der Waals surface area contributed by atoms with E-state index in [2.05, 4.69) is 0 Å². The first-order valence-corrected chi connectivity index (χ1v) is 4.03. The zero-order chi connectivity index (χ0) is 7.40. The van der Waals surface area contributed by atoms with Crippen LogP contribution in [0.1, 0.15) is 0 Å². The van der Waals surface area contributed by atoms with E-state index in [4.69, 9.17) is 5.11 Å². The monoisotopic (exact) mass is 156 g/mol. The van der Waals surface area contributed by atoms with Crippen molar-refractivity contribution in [2.24, 2.45) is 5.92 Å². The van der Waals surface area contributed by atoms with Crippen molar-refractivity contribution in [1.82, 2.24) is 0 Å². The summed E-state index contributed by atoms with van der Waals surface area (Å²) >= 11 is 1.71. The van der Waals surface area contributed by atoms with Crippen molar-refractivity contribution in [3.05, 3.63) is 23.6 Å². The minimum absolute atomic E-state index is 0.320. The van der Waals surface area contributed by atoms with E-state index in [9.17, 15) is 4.79 Å². The first-order chi connectivity index (χ1) is 4.79. The largest absolute Gasteiger partial charge is 0.478 e. The second kappa shape index (κ2) is 3.46. The van der Waals surface area contributed by atoms with Crippen LogP contribution >= 0.6 is 11.8 Å². The molecule has 1 unspecified atom stereocenters. The lowest BCUT2D eigenvalue weighted by atomic mass is 10.2. The van der Waals surface area contributed by atoms with Gasteiger partial charge in [-0.15, -0.1) is 11.8 Å². The number of hydrogen-bond acceptors (Lipinski definition) is 2. The maximum Gasteiger partial charge on any atom is 0.327 e. The predicted octanol–water partition coefficient (Wildman–Crippen LogP) is 1.50. The molecular formula is C7H8O2S. The van der Waals surface area contributed by atoms with Crippen molar-refractivity contribution in [3.63, 3.8) is 0 Å². The Morgan fingerprint density at radius 1 is 1.80 bits per heavy atom. The fourth-order valence-corrected chi connectivity index (χ4v) is 1.57. The number of carbonyl (C=O) groups is 1. The van der Waals surface area contributed by atoms with E-state index in [1.807, 2.05) is 11.5 Å². The zero-order valence-electron chi connectivity index (χ0n) is 5.36. The van der Waals surface area contributed by atoms with Crippen LogP contribution in [-0.2, 0) is 4.79 Å². The SMILES string of the molecule is O=C(O)/C=C/C1C=CSC1. The summed E-state index contributed by atoms with van der Waals surface area (Å²) in [6.45, 7) is 0. The van der Waals surface area contributed by atoms with Crippen LogP contribution in [0.4, 0.5) is 0 Å². The van der Waals surface area contributed by atoms with Crippen molar-refractivity contribution < 1.29 is 9.90 Å². The molecule has 0 aromatic carbocycles. The molecule has 0 saturated heterocycles. The van der Waals surface area contributed by atoms with Crippen molar-refractivity contribution >= 4 is 17.7 Å². The lowest BCUT2D eigenvalue weighted by molar-refractivity contribution is -0.131. The van der Waals surface area contributed by atoms with Gasteiger partial charge in [0.2, 0.25) is 0 Å². The fourth-order valence-electron chi connectivity index (χ4n) is 0.704. The Morgan fingerprint density at radius 3 is 3.10 bits per heavy atom. The molecule has 1 rings (SSSR count). The number of carboxylic acid groups (broad SMARTS) is 1. The van der Waals surface area contributed by atoms with Crippen LogP contribution in [0.2, 0.25) is 0 Å². The molecule has 1 N–H and O–H groups in total. The lowest BCUT2D eigenvalue weighted by Crippen LogP contribution is -1.93. The van der Waals surface area contributed by atoms with Gasteiger partial charge in [-0.1, -0.05) is 12.2 Å². The third-order valence-corrected chi connectivity index (χ3v) is 2.12. The van der Waals surface area contributed by atoms with Crippen LogP contribution in [0.15, 0.2) is 23.6 Å². The van der Waals surface area contributed by atoms with Crippen molar-refractivity contribution in [2.75, 3.05) is 5.75 Å². The predicted molar refractivity (Wildman–Crippen MR) is 41.9 cm³/mol. The molecular weight excluding hydrogens is 148 g/mol. The first-order valence-electron chi connectivity index (χ1n) is 2.98. The Balaban J connectivity index is 2.37. The maximum atomic E-state index is 10.0. The lowest BCUT2D eigenvalue weighted by Gasteiger charge is -1.94. The molecule has 0 saturated carbocycles. The molecule has 2 nitrogen and oxygen atoms in total. The standard InChI is InChI=1S/C7H8O2S/c8-7(9)2-1-6-3-4-10-5-6/h1-4,6H,5H2,(H,8,9)/b2-1+. The van der Waals surface area contributed by atoms with E-state index in [1.54, 1.807) is 17.8 Å². The van der Waals surface area contributed by atoms with Crippen LogP contribution in [0.25, 0.3) is 0 Å². The van der Waals surface area contributed by atoms with Gasteiger partial charge in [-0.2, -0.15) is 0 Å². The van der Waals surface area contributed by atoms with Gasteiger partial charge >= 0.3 is 5.97 Å². The molecule has 0 spiro atoms. The van der Waals surface area contributed by atoms with Crippen molar-refractivity contribution in [1.29, 1.82) is 0 Å². The third kappa shape index (κ3) is 2.27. The summed E-state index contributed by atoms with van der Waals surface area (Å²) in [5.41, 5.74) is 0. The molecule has 0 aromatic rings. The van der Waals surface area contributed by atoms with E-state index in [1.165, 1.54) is 6.08 Å². The van der Waals surface area contributed by atoms with Crippen LogP contribution < -0.4 is 0 Å².